The smallest absolute Gasteiger partial charge is 0.148 e. The predicted molar refractivity (Wildman–Crippen MR) is 73.6 cm³/mol. The van der Waals surface area contributed by atoms with Crippen LogP contribution in [0, 0.1) is 5.41 Å². The number of nitrogens with zero attached hydrogens (tertiary/aromatic N) is 1. The molecule has 6 heteroatoms. The van der Waals surface area contributed by atoms with E-state index >= 15 is 0 Å². The minimum atomic E-state index is -2.88. The van der Waals surface area contributed by atoms with Crippen LogP contribution in [0.15, 0.2) is 0 Å². The van der Waals surface area contributed by atoms with Gasteiger partial charge in [-0.25, -0.2) is 8.42 Å². The summed E-state index contributed by atoms with van der Waals surface area (Å²) in [6.45, 7) is 7.04. The molecular weight excluding hydrogens is 252 g/mol. The number of nitrogens with one attached hydrogen (secondary N) is 1. The summed E-state index contributed by atoms with van der Waals surface area (Å²) >= 11 is 0. The Bertz CT molecular complexity index is 337. The Hall–Kier alpha value is -0.170. The van der Waals surface area contributed by atoms with Gasteiger partial charge in [-0.3, -0.25) is 0 Å². The Kier molecular flexibility index (Phi) is 6.04. The molecule has 0 amide bonds. The molecule has 1 aliphatic rings. The van der Waals surface area contributed by atoms with Crippen LogP contribution in [0.4, 0.5) is 0 Å². The molecule has 1 N–H and O–H groups in total. The summed E-state index contributed by atoms with van der Waals surface area (Å²) in [6, 6.07) is 0. The van der Waals surface area contributed by atoms with Crippen LogP contribution in [-0.4, -0.2) is 71.8 Å². The van der Waals surface area contributed by atoms with Gasteiger partial charge < -0.3 is 15.0 Å². The van der Waals surface area contributed by atoms with E-state index in [9.17, 15) is 8.42 Å². The standard InChI is InChI=1S/C12H26N2O3S/c1-4-13-9-12(5-7-17-11-12)10-14(2)6-8-18(3,15)16/h13H,4-11H2,1-3H3. The Balaban J connectivity index is 2.45. The molecule has 1 heterocycles. The van der Waals surface area contributed by atoms with Crippen LogP contribution in [0.25, 0.3) is 0 Å². The monoisotopic (exact) mass is 278 g/mol. The Labute approximate surface area is 111 Å². The molecule has 0 aromatic carbocycles. The number of hydrogen-bond donors (Lipinski definition) is 1. The third kappa shape index (κ3) is 5.65. The van der Waals surface area contributed by atoms with E-state index in [4.69, 9.17) is 4.74 Å². The van der Waals surface area contributed by atoms with Gasteiger partial charge in [-0.2, -0.15) is 0 Å². The SMILES string of the molecule is CCNCC1(CN(C)CCS(C)(=O)=O)CCOC1. The van der Waals surface area contributed by atoms with E-state index in [2.05, 4.69) is 17.1 Å². The molecule has 0 spiro atoms. The quantitative estimate of drug-likeness (QED) is 0.676. The lowest BCUT2D eigenvalue weighted by Gasteiger charge is -2.32. The Morgan fingerprint density at radius 3 is 2.67 bits per heavy atom. The van der Waals surface area contributed by atoms with Crippen LogP contribution in [-0.2, 0) is 14.6 Å². The fourth-order valence-electron chi connectivity index (χ4n) is 2.33. The molecule has 1 fully saturated rings. The van der Waals surface area contributed by atoms with E-state index in [1.54, 1.807) is 0 Å². The van der Waals surface area contributed by atoms with E-state index in [-0.39, 0.29) is 11.2 Å². The fraction of sp³-hybridized carbons (Fsp3) is 1.00. The number of hydrogen-bond acceptors (Lipinski definition) is 5. The van der Waals surface area contributed by atoms with Gasteiger partial charge in [0.2, 0.25) is 0 Å². The molecule has 0 bridgehead atoms. The zero-order valence-corrected chi connectivity index (χ0v) is 12.6. The maximum absolute atomic E-state index is 11.2. The zero-order valence-electron chi connectivity index (χ0n) is 11.7. The molecule has 108 valence electrons. The first-order chi connectivity index (χ1) is 8.37. The van der Waals surface area contributed by atoms with Crippen molar-refractivity contribution >= 4 is 9.84 Å². The van der Waals surface area contributed by atoms with E-state index in [1.807, 2.05) is 7.05 Å². The molecule has 0 radical (unpaired) electrons. The van der Waals surface area contributed by atoms with Gasteiger partial charge in [-0.05, 0) is 20.0 Å². The summed E-state index contributed by atoms with van der Waals surface area (Å²) < 4.78 is 27.8. The second-order valence-corrected chi connectivity index (χ2v) is 7.71. The average Bonchev–Trinajstić information content (AvgIpc) is 2.72. The highest BCUT2D eigenvalue weighted by molar-refractivity contribution is 7.90. The first-order valence-electron chi connectivity index (χ1n) is 6.52. The lowest BCUT2D eigenvalue weighted by Crippen LogP contribution is -2.44. The summed E-state index contributed by atoms with van der Waals surface area (Å²) in [7, 11) is -0.895. The minimum absolute atomic E-state index is 0.141. The van der Waals surface area contributed by atoms with Crippen molar-refractivity contribution in [1.29, 1.82) is 0 Å². The van der Waals surface area contributed by atoms with Gasteiger partial charge >= 0.3 is 0 Å². The second kappa shape index (κ2) is 6.84. The summed E-state index contributed by atoms with van der Waals surface area (Å²) in [5, 5.41) is 3.38. The Morgan fingerprint density at radius 1 is 1.44 bits per heavy atom. The van der Waals surface area contributed by atoms with Crippen LogP contribution < -0.4 is 5.32 Å². The van der Waals surface area contributed by atoms with Gasteiger partial charge in [0, 0.05) is 37.9 Å². The molecule has 18 heavy (non-hydrogen) atoms. The first-order valence-corrected chi connectivity index (χ1v) is 8.58. The van der Waals surface area contributed by atoms with E-state index in [0.29, 0.717) is 6.54 Å². The van der Waals surface area contributed by atoms with Crippen molar-refractivity contribution in [3.8, 4) is 0 Å². The lowest BCUT2D eigenvalue weighted by molar-refractivity contribution is 0.121. The molecule has 0 aromatic rings. The molecule has 1 unspecified atom stereocenters. The number of rotatable bonds is 8. The van der Waals surface area contributed by atoms with Crippen LogP contribution in [0.3, 0.4) is 0 Å². The molecule has 5 nitrogen and oxygen atoms in total. The van der Waals surface area contributed by atoms with Gasteiger partial charge in [0.1, 0.15) is 9.84 Å². The van der Waals surface area contributed by atoms with Crippen LogP contribution in [0.5, 0.6) is 0 Å². The van der Waals surface area contributed by atoms with E-state index in [0.717, 1.165) is 39.3 Å². The third-order valence-corrected chi connectivity index (χ3v) is 4.31. The van der Waals surface area contributed by atoms with Crippen molar-refractivity contribution in [1.82, 2.24) is 10.2 Å². The van der Waals surface area contributed by atoms with Crippen molar-refractivity contribution in [2.75, 3.05) is 58.4 Å². The van der Waals surface area contributed by atoms with Gasteiger partial charge in [0.15, 0.2) is 0 Å². The molecule has 1 aliphatic heterocycles. The fourth-order valence-corrected chi connectivity index (χ4v) is 2.98. The molecule has 1 saturated heterocycles. The molecule has 0 aliphatic carbocycles. The average molecular weight is 278 g/mol. The Morgan fingerprint density at radius 2 is 2.17 bits per heavy atom. The number of ether oxygens (including phenoxy) is 1. The zero-order chi connectivity index (χ0) is 13.6. The van der Waals surface area contributed by atoms with E-state index < -0.39 is 9.84 Å². The molecular formula is C12H26N2O3S. The number of sulfone groups is 1. The van der Waals surface area contributed by atoms with Crippen LogP contribution in [0.2, 0.25) is 0 Å². The maximum Gasteiger partial charge on any atom is 0.148 e. The van der Waals surface area contributed by atoms with Crippen LogP contribution >= 0.6 is 0 Å². The summed E-state index contributed by atoms with van der Waals surface area (Å²) in [5.74, 6) is 0.224. The molecule has 1 atom stereocenters. The normalized spacial score (nSPS) is 24.9. The highest BCUT2D eigenvalue weighted by Crippen LogP contribution is 2.28. The first kappa shape index (κ1) is 15.9. The van der Waals surface area contributed by atoms with Crippen molar-refractivity contribution < 1.29 is 13.2 Å². The highest BCUT2D eigenvalue weighted by Gasteiger charge is 2.35. The van der Waals surface area contributed by atoms with Gasteiger partial charge in [-0.1, -0.05) is 6.92 Å². The van der Waals surface area contributed by atoms with Crippen molar-refractivity contribution in [2.24, 2.45) is 5.41 Å². The topological polar surface area (TPSA) is 58.6 Å². The van der Waals surface area contributed by atoms with Crippen molar-refractivity contribution in [3.05, 3.63) is 0 Å². The van der Waals surface area contributed by atoms with Gasteiger partial charge in [0.25, 0.3) is 0 Å². The molecule has 1 rings (SSSR count). The minimum Gasteiger partial charge on any atom is -0.381 e. The van der Waals surface area contributed by atoms with E-state index in [1.165, 1.54) is 6.26 Å². The second-order valence-electron chi connectivity index (χ2n) is 5.45. The van der Waals surface area contributed by atoms with Gasteiger partial charge in [-0.15, -0.1) is 0 Å². The van der Waals surface area contributed by atoms with Crippen molar-refractivity contribution in [2.45, 2.75) is 13.3 Å². The third-order valence-electron chi connectivity index (χ3n) is 3.38. The summed E-state index contributed by atoms with van der Waals surface area (Å²) in [4.78, 5) is 2.10. The highest BCUT2D eigenvalue weighted by atomic mass is 32.2. The lowest BCUT2D eigenvalue weighted by atomic mass is 9.86. The largest absolute Gasteiger partial charge is 0.381 e. The summed E-state index contributed by atoms with van der Waals surface area (Å²) in [5.41, 5.74) is 0.141. The van der Waals surface area contributed by atoms with Gasteiger partial charge in [0.05, 0.1) is 12.4 Å². The van der Waals surface area contributed by atoms with Crippen molar-refractivity contribution in [3.63, 3.8) is 0 Å². The molecule has 0 aromatic heterocycles. The van der Waals surface area contributed by atoms with Crippen LogP contribution in [0.1, 0.15) is 13.3 Å². The predicted octanol–water partition coefficient (Wildman–Crippen LogP) is -0.0210. The maximum atomic E-state index is 11.2. The molecule has 0 saturated carbocycles. The summed E-state index contributed by atoms with van der Waals surface area (Å²) in [6.07, 6.45) is 2.33.